The van der Waals surface area contributed by atoms with E-state index in [2.05, 4.69) is 47.2 Å². The van der Waals surface area contributed by atoms with E-state index in [0.717, 1.165) is 4.47 Å². The molecule has 1 aromatic rings. The highest BCUT2D eigenvalue weighted by Crippen LogP contribution is 2.22. The minimum atomic E-state index is 0.323. The maximum Gasteiger partial charge on any atom is 0.0305 e. The van der Waals surface area contributed by atoms with E-state index in [-0.39, 0.29) is 0 Å². The van der Waals surface area contributed by atoms with Crippen LogP contribution in [0.15, 0.2) is 28.7 Å². The van der Waals surface area contributed by atoms with Crippen LogP contribution in [0.25, 0.3) is 0 Å². The molecule has 0 aromatic heterocycles. The van der Waals surface area contributed by atoms with Gasteiger partial charge in [-0.3, -0.25) is 0 Å². The molecule has 0 radical (unpaired) electrons. The Morgan fingerprint density at radius 2 is 2.00 bits per heavy atom. The predicted octanol–water partition coefficient (Wildman–Crippen LogP) is 2.45. The molecule has 0 bridgehead atoms. The molecule has 0 aliphatic rings. The summed E-state index contributed by atoms with van der Waals surface area (Å²) in [7, 11) is 0. The van der Waals surface area contributed by atoms with E-state index in [1.165, 1.54) is 5.56 Å². The molecule has 0 spiro atoms. The maximum absolute atomic E-state index is 5.56. The molecule has 1 rings (SSSR count). The van der Waals surface area contributed by atoms with E-state index < -0.39 is 0 Å². The van der Waals surface area contributed by atoms with Crippen LogP contribution in [0.1, 0.15) is 25.5 Å². The highest BCUT2D eigenvalue weighted by Gasteiger charge is 2.10. The fourth-order valence-electron chi connectivity index (χ4n) is 1.41. The molecule has 78 valence electrons. The first kappa shape index (κ1) is 11.7. The molecule has 14 heavy (non-hydrogen) atoms. The molecule has 3 N–H and O–H groups in total. The quantitative estimate of drug-likeness (QED) is 0.869. The Kier molecular flexibility index (Phi) is 4.58. The lowest BCUT2D eigenvalue weighted by Gasteiger charge is -2.20. The summed E-state index contributed by atoms with van der Waals surface area (Å²) in [6.07, 6.45) is 0. The Morgan fingerprint density at radius 3 is 2.57 bits per heavy atom. The van der Waals surface area contributed by atoms with Gasteiger partial charge in [0.15, 0.2) is 0 Å². The minimum Gasteiger partial charge on any atom is -0.329 e. The van der Waals surface area contributed by atoms with Gasteiger partial charge in [-0.2, -0.15) is 0 Å². The monoisotopic (exact) mass is 256 g/mol. The Bertz CT molecular complexity index is 288. The Labute approximate surface area is 94.0 Å². The van der Waals surface area contributed by atoms with Gasteiger partial charge >= 0.3 is 0 Å². The maximum atomic E-state index is 5.56. The SMILES string of the molecule is CC(CN)N[C@H](C)c1ccccc1Br. The Hall–Kier alpha value is -0.380. The number of halogens is 1. The van der Waals surface area contributed by atoms with E-state index in [1.54, 1.807) is 0 Å². The molecule has 0 saturated heterocycles. The number of nitrogens with two attached hydrogens (primary N) is 1. The van der Waals surface area contributed by atoms with Crippen molar-refractivity contribution in [2.24, 2.45) is 5.73 Å². The topological polar surface area (TPSA) is 38.0 Å². The van der Waals surface area contributed by atoms with Crippen molar-refractivity contribution in [2.45, 2.75) is 25.9 Å². The van der Waals surface area contributed by atoms with Gasteiger partial charge in [0.2, 0.25) is 0 Å². The zero-order chi connectivity index (χ0) is 10.6. The lowest BCUT2D eigenvalue weighted by molar-refractivity contribution is 0.484. The van der Waals surface area contributed by atoms with E-state index >= 15 is 0 Å². The van der Waals surface area contributed by atoms with Crippen molar-refractivity contribution >= 4 is 15.9 Å². The highest BCUT2D eigenvalue weighted by molar-refractivity contribution is 9.10. The van der Waals surface area contributed by atoms with Crippen molar-refractivity contribution in [3.63, 3.8) is 0 Å². The van der Waals surface area contributed by atoms with Crippen LogP contribution in [0.4, 0.5) is 0 Å². The third-order valence-electron chi connectivity index (χ3n) is 2.26. The van der Waals surface area contributed by atoms with Crippen LogP contribution in [0.5, 0.6) is 0 Å². The molecule has 2 nitrogen and oxygen atoms in total. The molecule has 0 fully saturated rings. The minimum absolute atomic E-state index is 0.323. The third kappa shape index (κ3) is 3.08. The van der Waals surface area contributed by atoms with Crippen molar-refractivity contribution in [3.05, 3.63) is 34.3 Å². The van der Waals surface area contributed by atoms with Gasteiger partial charge in [0.05, 0.1) is 0 Å². The van der Waals surface area contributed by atoms with E-state index in [1.807, 2.05) is 12.1 Å². The second-order valence-corrected chi connectivity index (χ2v) is 4.40. The Morgan fingerprint density at radius 1 is 1.36 bits per heavy atom. The Balaban J connectivity index is 2.69. The fourth-order valence-corrected chi connectivity index (χ4v) is 2.04. The fraction of sp³-hybridized carbons (Fsp3) is 0.455. The first-order chi connectivity index (χ1) is 6.65. The molecular formula is C11H17BrN2. The first-order valence-corrected chi connectivity index (χ1v) is 5.65. The van der Waals surface area contributed by atoms with Gasteiger partial charge in [0, 0.05) is 23.1 Å². The second kappa shape index (κ2) is 5.49. The standard InChI is InChI=1S/C11H17BrN2/c1-8(7-13)14-9(2)10-5-3-4-6-11(10)12/h3-6,8-9,14H,7,13H2,1-2H3/t8?,9-/m1/s1. The number of hydrogen-bond acceptors (Lipinski definition) is 2. The molecule has 0 heterocycles. The van der Waals surface area contributed by atoms with Crippen molar-refractivity contribution in [1.29, 1.82) is 0 Å². The zero-order valence-electron chi connectivity index (χ0n) is 8.63. The van der Waals surface area contributed by atoms with Crippen LogP contribution in [0.3, 0.4) is 0 Å². The zero-order valence-corrected chi connectivity index (χ0v) is 10.2. The summed E-state index contributed by atoms with van der Waals surface area (Å²) in [4.78, 5) is 0. The van der Waals surface area contributed by atoms with Crippen molar-refractivity contribution < 1.29 is 0 Å². The number of nitrogens with one attached hydrogen (secondary N) is 1. The highest BCUT2D eigenvalue weighted by atomic mass is 79.9. The summed E-state index contributed by atoms with van der Waals surface area (Å²) >= 11 is 3.54. The molecule has 1 aromatic carbocycles. The van der Waals surface area contributed by atoms with Gasteiger partial charge in [0.1, 0.15) is 0 Å². The predicted molar refractivity (Wildman–Crippen MR) is 64.2 cm³/mol. The van der Waals surface area contributed by atoms with Gasteiger partial charge in [-0.1, -0.05) is 34.1 Å². The molecule has 0 amide bonds. The summed E-state index contributed by atoms with van der Waals surface area (Å²) in [5.74, 6) is 0. The summed E-state index contributed by atoms with van der Waals surface area (Å²) in [5.41, 5.74) is 6.83. The van der Waals surface area contributed by atoms with Crippen LogP contribution in [0, 0.1) is 0 Å². The van der Waals surface area contributed by atoms with Crippen LogP contribution in [-0.4, -0.2) is 12.6 Å². The van der Waals surface area contributed by atoms with Gasteiger partial charge in [-0.05, 0) is 25.5 Å². The van der Waals surface area contributed by atoms with Crippen LogP contribution in [0.2, 0.25) is 0 Å². The van der Waals surface area contributed by atoms with Gasteiger partial charge in [0.25, 0.3) is 0 Å². The smallest absolute Gasteiger partial charge is 0.0305 e. The lowest BCUT2D eigenvalue weighted by atomic mass is 10.1. The largest absolute Gasteiger partial charge is 0.329 e. The molecule has 1 unspecified atom stereocenters. The first-order valence-electron chi connectivity index (χ1n) is 4.85. The third-order valence-corrected chi connectivity index (χ3v) is 2.98. The molecule has 0 aliphatic heterocycles. The van der Waals surface area contributed by atoms with Crippen LogP contribution < -0.4 is 11.1 Å². The summed E-state index contributed by atoms with van der Waals surface area (Å²) in [6.45, 7) is 4.90. The van der Waals surface area contributed by atoms with Gasteiger partial charge in [-0.15, -0.1) is 0 Å². The number of benzene rings is 1. The van der Waals surface area contributed by atoms with Crippen molar-refractivity contribution in [1.82, 2.24) is 5.32 Å². The van der Waals surface area contributed by atoms with Crippen molar-refractivity contribution in [3.8, 4) is 0 Å². The average Bonchev–Trinajstić information content (AvgIpc) is 2.18. The van der Waals surface area contributed by atoms with E-state index in [0.29, 0.717) is 18.6 Å². The van der Waals surface area contributed by atoms with Crippen LogP contribution in [-0.2, 0) is 0 Å². The number of rotatable bonds is 4. The van der Waals surface area contributed by atoms with Gasteiger partial charge in [-0.25, -0.2) is 0 Å². The number of hydrogen-bond donors (Lipinski definition) is 2. The molecule has 2 atom stereocenters. The normalized spacial score (nSPS) is 15.1. The molecular weight excluding hydrogens is 240 g/mol. The van der Waals surface area contributed by atoms with Gasteiger partial charge < -0.3 is 11.1 Å². The summed E-state index contributed by atoms with van der Waals surface area (Å²) < 4.78 is 1.14. The average molecular weight is 257 g/mol. The summed E-state index contributed by atoms with van der Waals surface area (Å²) in [6, 6.07) is 8.91. The van der Waals surface area contributed by atoms with Crippen molar-refractivity contribution in [2.75, 3.05) is 6.54 Å². The van der Waals surface area contributed by atoms with E-state index in [4.69, 9.17) is 5.73 Å². The van der Waals surface area contributed by atoms with E-state index in [9.17, 15) is 0 Å². The molecule has 0 aliphatic carbocycles. The molecule has 0 saturated carbocycles. The molecule has 3 heteroatoms. The van der Waals surface area contributed by atoms with Crippen LogP contribution >= 0.6 is 15.9 Å². The summed E-state index contributed by atoms with van der Waals surface area (Å²) in [5, 5.41) is 3.43. The lowest BCUT2D eigenvalue weighted by Crippen LogP contribution is -2.35. The second-order valence-electron chi connectivity index (χ2n) is 3.55.